The molecule has 1 unspecified atom stereocenters. The van der Waals surface area contributed by atoms with Crippen molar-refractivity contribution in [3.63, 3.8) is 0 Å². The Morgan fingerprint density at radius 1 is 1.09 bits per heavy atom. The highest BCUT2D eigenvalue weighted by molar-refractivity contribution is 5.73. The van der Waals surface area contributed by atoms with Crippen LogP contribution >= 0.6 is 0 Å². The largest absolute Gasteiger partial charge is 0.393 e. The van der Waals surface area contributed by atoms with Gasteiger partial charge in [-0.25, -0.2) is 0 Å². The fourth-order valence-corrected chi connectivity index (χ4v) is 3.37. The Balaban J connectivity index is 2.26. The van der Waals surface area contributed by atoms with E-state index in [-0.39, 0.29) is 12.0 Å². The van der Waals surface area contributed by atoms with Gasteiger partial charge in [0.2, 0.25) is 5.91 Å². The molecule has 3 N–H and O–H groups in total. The number of aliphatic hydroxyl groups excluding tert-OH is 1. The van der Waals surface area contributed by atoms with Crippen molar-refractivity contribution >= 4 is 5.91 Å². The highest BCUT2D eigenvalue weighted by Crippen LogP contribution is 2.36. The smallest absolute Gasteiger partial charge is 0.217 e. The van der Waals surface area contributed by atoms with Gasteiger partial charge >= 0.3 is 0 Å². The molecule has 0 aromatic heterocycles. The van der Waals surface area contributed by atoms with E-state index in [2.05, 4.69) is 31.2 Å². The monoisotopic (exact) mass is 321 g/mol. The summed E-state index contributed by atoms with van der Waals surface area (Å²) in [6, 6.07) is 0. The third kappa shape index (κ3) is 8.95. The van der Waals surface area contributed by atoms with Gasteiger partial charge in [0.25, 0.3) is 0 Å². The minimum Gasteiger partial charge on any atom is -0.393 e. The van der Waals surface area contributed by atoms with Crippen LogP contribution in [0.2, 0.25) is 0 Å². The lowest BCUT2D eigenvalue weighted by atomic mass is 9.90. The van der Waals surface area contributed by atoms with Gasteiger partial charge in [-0.05, 0) is 56.8 Å². The zero-order chi connectivity index (χ0) is 16.9. The molecule has 3 atom stereocenters. The number of hydrogen-bond donors (Lipinski definition) is 2. The summed E-state index contributed by atoms with van der Waals surface area (Å²) in [5.74, 6) is 0.648. The van der Waals surface area contributed by atoms with Crippen molar-refractivity contribution in [3.8, 4) is 0 Å². The molecule has 0 spiro atoms. The van der Waals surface area contributed by atoms with Crippen LogP contribution in [0.3, 0.4) is 0 Å². The Labute approximate surface area is 142 Å². The first-order valence-electron chi connectivity index (χ1n) is 9.43. The van der Waals surface area contributed by atoms with Crippen LogP contribution in [0.4, 0.5) is 0 Å². The Bertz CT molecular complexity index is 376. The quantitative estimate of drug-likeness (QED) is 0.410. The molecule has 3 nitrogen and oxygen atoms in total. The summed E-state index contributed by atoms with van der Waals surface area (Å²) in [4.78, 5) is 10.7. The van der Waals surface area contributed by atoms with E-state index >= 15 is 0 Å². The summed E-state index contributed by atoms with van der Waals surface area (Å²) < 4.78 is 0. The molecule has 1 aliphatic carbocycles. The lowest BCUT2D eigenvalue weighted by Gasteiger charge is -2.17. The topological polar surface area (TPSA) is 63.3 Å². The standard InChI is InChI=1S/C20H35NO2/c1-2-3-4-5-6-9-12-17-15-16-19(22)18(17)13-10-7-8-11-14-20(21)23/h7,9-10,12,17-19,22H,2-6,8,11,13-16H2,1H3,(H2,21,23)/b10-7-,12-9+/t17?,18-,19+/m1/s1. The van der Waals surface area contributed by atoms with E-state index in [1.807, 2.05) is 0 Å². The SMILES string of the molecule is CCCCCC/C=C/C1CC[C@H](O)[C@@H]1C/C=C\CCCC(N)=O. The molecule has 0 aliphatic heterocycles. The molecule has 0 aromatic rings. The van der Waals surface area contributed by atoms with Gasteiger partial charge in [-0.3, -0.25) is 4.79 Å². The molecule has 1 rings (SSSR count). The van der Waals surface area contributed by atoms with Crippen LogP contribution < -0.4 is 5.73 Å². The maximum Gasteiger partial charge on any atom is 0.217 e. The van der Waals surface area contributed by atoms with Gasteiger partial charge in [-0.1, -0.05) is 50.5 Å². The molecule has 1 amide bonds. The number of carbonyl (C=O) groups excluding carboxylic acids is 1. The Morgan fingerprint density at radius 3 is 2.61 bits per heavy atom. The number of nitrogens with two attached hydrogens (primary N) is 1. The molecule has 23 heavy (non-hydrogen) atoms. The highest BCUT2D eigenvalue weighted by atomic mass is 16.3. The van der Waals surface area contributed by atoms with Crippen molar-refractivity contribution in [2.75, 3.05) is 0 Å². The number of aliphatic hydroxyl groups is 1. The molecule has 0 bridgehead atoms. The van der Waals surface area contributed by atoms with Crippen LogP contribution in [0.5, 0.6) is 0 Å². The van der Waals surface area contributed by atoms with Gasteiger partial charge in [-0.2, -0.15) is 0 Å². The summed E-state index contributed by atoms with van der Waals surface area (Å²) in [7, 11) is 0. The van der Waals surface area contributed by atoms with Gasteiger partial charge in [0.1, 0.15) is 0 Å². The molecule has 132 valence electrons. The van der Waals surface area contributed by atoms with Crippen molar-refractivity contribution in [3.05, 3.63) is 24.3 Å². The zero-order valence-corrected chi connectivity index (χ0v) is 14.8. The fraction of sp³-hybridized carbons (Fsp3) is 0.750. The van der Waals surface area contributed by atoms with Crippen molar-refractivity contribution in [2.45, 2.75) is 83.7 Å². The van der Waals surface area contributed by atoms with E-state index in [0.29, 0.717) is 18.3 Å². The zero-order valence-electron chi connectivity index (χ0n) is 14.8. The maximum atomic E-state index is 10.7. The lowest BCUT2D eigenvalue weighted by molar-refractivity contribution is -0.118. The molecule has 3 heteroatoms. The van der Waals surface area contributed by atoms with Crippen LogP contribution in [0.25, 0.3) is 0 Å². The van der Waals surface area contributed by atoms with Gasteiger partial charge in [0, 0.05) is 6.42 Å². The number of primary amides is 1. The van der Waals surface area contributed by atoms with Crippen molar-refractivity contribution in [1.82, 2.24) is 0 Å². The van der Waals surface area contributed by atoms with Crippen LogP contribution in [-0.2, 0) is 4.79 Å². The molecule has 0 saturated heterocycles. The van der Waals surface area contributed by atoms with E-state index in [1.165, 1.54) is 32.1 Å². The van der Waals surface area contributed by atoms with Gasteiger partial charge in [-0.15, -0.1) is 0 Å². The molecule has 1 saturated carbocycles. The van der Waals surface area contributed by atoms with Crippen LogP contribution in [0.1, 0.15) is 77.6 Å². The molecular weight excluding hydrogens is 286 g/mol. The Morgan fingerprint density at radius 2 is 1.87 bits per heavy atom. The van der Waals surface area contributed by atoms with Crippen molar-refractivity contribution in [1.29, 1.82) is 0 Å². The van der Waals surface area contributed by atoms with E-state index in [4.69, 9.17) is 5.73 Å². The first kappa shape index (κ1) is 20.0. The van der Waals surface area contributed by atoms with E-state index < -0.39 is 0 Å². The number of allylic oxidation sites excluding steroid dienone is 4. The number of carbonyl (C=O) groups is 1. The van der Waals surface area contributed by atoms with E-state index in [0.717, 1.165) is 32.1 Å². The van der Waals surface area contributed by atoms with Crippen LogP contribution in [-0.4, -0.2) is 17.1 Å². The summed E-state index contributed by atoms with van der Waals surface area (Å²) in [6.07, 6.45) is 20.3. The average Bonchev–Trinajstić information content (AvgIpc) is 2.86. The van der Waals surface area contributed by atoms with E-state index in [9.17, 15) is 9.90 Å². The number of unbranched alkanes of at least 4 members (excludes halogenated alkanes) is 5. The van der Waals surface area contributed by atoms with Gasteiger partial charge in [0.05, 0.1) is 6.10 Å². The first-order valence-corrected chi connectivity index (χ1v) is 9.43. The fourth-order valence-electron chi connectivity index (χ4n) is 3.37. The minimum absolute atomic E-state index is 0.167. The molecule has 1 fully saturated rings. The predicted octanol–water partition coefficient (Wildman–Crippen LogP) is 4.50. The Kier molecular flexibility index (Phi) is 10.7. The van der Waals surface area contributed by atoms with Crippen molar-refractivity contribution in [2.24, 2.45) is 17.6 Å². The summed E-state index contributed by atoms with van der Waals surface area (Å²) >= 11 is 0. The van der Waals surface area contributed by atoms with Crippen molar-refractivity contribution < 1.29 is 9.90 Å². The predicted molar refractivity (Wildman–Crippen MR) is 96.9 cm³/mol. The summed E-state index contributed by atoms with van der Waals surface area (Å²) in [6.45, 7) is 2.24. The first-order chi connectivity index (χ1) is 11.1. The molecule has 0 aromatic carbocycles. The normalized spacial score (nSPS) is 24.9. The molecule has 1 aliphatic rings. The number of amides is 1. The van der Waals surface area contributed by atoms with Crippen LogP contribution in [0, 0.1) is 11.8 Å². The molecular formula is C20H35NO2. The second-order valence-electron chi connectivity index (χ2n) is 6.82. The molecule has 0 heterocycles. The third-order valence-electron chi connectivity index (χ3n) is 4.82. The summed E-state index contributed by atoms with van der Waals surface area (Å²) in [5, 5.41) is 10.2. The maximum absolute atomic E-state index is 10.7. The molecule has 0 radical (unpaired) electrons. The average molecular weight is 322 g/mol. The van der Waals surface area contributed by atoms with Crippen LogP contribution in [0.15, 0.2) is 24.3 Å². The number of rotatable bonds is 12. The second kappa shape index (κ2) is 12.3. The van der Waals surface area contributed by atoms with Gasteiger partial charge in [0.15, 0.2) is 0 Å². The third-order valence-corrected chi connectivity index (χ3v) is 4.82. The number of hydrogen-bond acceptors (Lipinski definition) is 2. The highest BCUT2D eigenvalue weighted by Gasteiger charge is 2.32. The van der Waals surface area contributed by atoms with E-state index in [1.54, 1.807) is 0 Å². The lowest BCUT2D eigenvalue weighted by Crippen LogP contribution is -2.17. The summed E-state index contributed by atoms with van der Waals surface area (Å²) in [5.41, 5.74) is 5.12. The minimum atomic E-state index is -0.228. The Hall–Kier alpha value is -1.09. The second-order valence-corrected chi connectivity index (χ2v) is 6.82. The van der Waals surface area contributed by atoms with Gasteiger partial charge < -0.3 is 10.8 Å².